The zero-order chi connectivity index (χ0) is 15.9. The predicted octanol–water partition coefficient (Wildman–Crippen LogP) is 1.99. The van der Waals surface area contributed by atoms with E-state index in [1.807, 2.05) is 36.4 Å². The van der Waals surface area contributed by atoms with E-state index in [1.54, 1.807) is 24.3 Å². The molecule has 0 aliphatic carbocycles. The molecule has 0 aromatic heterocycles. The first kappa shape index (κ1) is 15.9. The van der Waals surface area contributed by atoms with E-state index in [1.165, 1.54) is 0 Å². The average Bonchev–Trinajstić information content (AvgIpc) is 2.55. The van der Waals surface area contributed by atoms with Crippen molar-refractivity contribution in [1.82, 2.24) is 0 Å². The smallest absolute Gasteiger partial charge is 0.312 e. The van der Waals surface area contributed by atoms with Crippen LogP contribution in [0.25, 0.3) is 0 Å². The van der Waals surface area contributed by atoms with Gasteiger partial charge in [-0.2, -0.15) is 0 Å². The van der Waals surface area contributed by atoms with Crippen molar-refractivity contribution in [2.75, 3.05) is 6.54 Å². The van der Waals surface area contributed by atoms with Crippen LogP contribution in [0.1, 0.15) is 28.3 Å². The van der Waals surface area contributed by atoms with Gasteiger partial charge in [0.05, 0.1) is 6.54 Å². The Bertz CT molecular complexity index is 625. The lowest BCUT2D eigenvalue weighted by molar-refractivity contribution is -0.377. The first-order valence-corrected chi connectivity index (χ1v) is 7.28. The van der Waals surface area contributed by atoms with Crippen LogP contribution in [0.5, 0.6) is 0 Å². The van der Waals surface area contributed by atoms with Crippen molar-refractivity contribution in [3.05, 3.63) is 71.8 Å². The van der Waals surface area contributed by atoms with Gasteiger partial charge in [-0.1, -0.05) is 60.7 Å². The number of benzene rings is 2. The fourth-order valence-electron chi connectivity index (χ4n) is 2.63. The minimum Gasteiger partial charge on any atom is -0.481 e. The van der Waals surface area contributed by atoms with Crippen LogP contribution < -0.4 is 5.73 Å². The topological polar surface area (TPSA) is 82.0 Å². The van der Waals surface area contributed by atoms with Gasteiger partial charge in [-0.15, -0.1) is 0 Å². The Morgan fingerprint density at radius 1 is 0.955 bits per heavy atom. The van der Waals surface area contributed by atoms with E-state index in [4.69, 9.17) is 0 Å². The molecule has 0 aliphatic rings. The molecule has 114 valence electrons. The highest BCUT2D eigenvalue weighted by Gasteiger charge is 2.31. The van der Waals surface area contributed by atoms with E-state index in [9.17, 15) is 14.7 Å². The van der Waals surface area contributed by atoms with Gasteiger partial charge in [0.15, 0.2) is 5.78 Å². The summed E-state index contributed by atoms with van der Waals surface area (Å²) in [6.45, 7) is 0.247. The summed E-state index contributed by atoms with van der Waals surface area (Å²) in [6, 6.07) is 18.3. The van der Waals surface area contributed by atoms with Crippen molar-refractivity contribution < 1.29 is 20.4 Å². The number of aliphatic carboxylic acids is 1. The molecule has 0 saturated carbocycles. The van der Waals surface area contributed by atoms with E-state index < -0.39 is 11.9 Å². The highest BCUT2D eigenvalue weighted by atomic mass is 16.4. The normalized spacial score (nSPS) is 13.3. The number of hydrogen-bond donors (Lipinski definition) is 2. The van der Waals surface area contributed by atoms with Crippen LogP contribution in [-0.4, -0.2) is 23.4 Å². The number of hydrogen-bond acceptors (Lipinski definition) is 2. The van der Waals surface area contributed by atoms with Gasteiger partial charge in [0.25, 0.3) is 0 Å². The van der Waals surface area contributed by atoms with E-state index in [2.05, 4.69) is 5.73 Å². The Hall–Kier alpha value is -2.46. The van der Waals surface area contributed by atoms with Gasteiger partial charge in [-0.3, -0.25) is 9.59 Å². The van der Waals surface area contributed by atoms with Crippen LogP contribution in [0.3, 0.4) is 0 Å². The van der Waals surface area contributed by atoms with Crippen LogP contribution in [0.4, 0.5) is 0 Å². The summed E-state index contributed by atoms with van der Waals surface area (Å²) in [5, 5.41) is 9.44. The number of ketones is 1. The maximum absolute atomic E-state index is 12.5. The molecule has 0 spiro atoms. The molecule has 0 aliphatic heterocycles. The zero-order valence-corrected chi connectivity index (χ0v) is 12.3. The van der Waals surface area contributed by atoms with Crippen molar-refractivity contribution >= 4 is 11.8 Å². The molecule has 0 fully saturated rings. The highest BCUT2D eigenvalue weighted by molar-refractivity contribution is 5.96. The minimum absolute atomic E-state index is 0.0471. The summed E-state index contributed by atoms with van der Waals surface area (Å²) in [5.41, 5.74) is 5.21. The van der Waals surface area contributed by atoms with Crippen LogP contribution in [0, 0.1) is 5.92 Å². The van der Waals surface area contributed by atoms with Gasteiger partial charge in [-0.25, -0.2) is 0 Å². The molecule has 2 rings (SSSR count). The Labute approximate surface area is 129 Å². The molecule has 2 unspecified atom stereocenters. The van der Waals surface area contributed by atoms with Crippen molar-refractivity contribution in [3.8, 4) is 0 Å². The van der Waals surface area contributed by atoms with Crippen molar-refractivity contribution in [2.24, 2.45) is 5.92 Å². The molecule has 0 heterocycles. The Balaban J connectivity index is 2.29. The van der Waals surface area contributed by atoms with E-state index >= 15 is 0 Å². The summed E-state index contributed by atoms with van der Waals surface area (Å²) >= 11 is 0. The zero-order valence-electron chi connectivity index (χ0n) is 12.3. The molecule has 4 N–H and O–H groups in total. The summed E-state index contributed by atoms with van der Waals surface area (Å²) in [7, 11) is 0. The SMILES string of the molecule is [NH3+]CC(C(=O)O)C(CC(=O)c1ccccc1)c1ccccc1. The number of rotatable bonds is 7. The van der Waals surface area contributed by atoms with Crippen LogP contribution >= 0.6 is 0 Å². The molecule has 0 amide bonds. The summed E-state index contributed by atoms with van der Waals surface area (Å²) < 4.78 is 0. The second-order valence-corrected chi connectivity index (χ2v) is 5.24. The average molecular weight is 298 g/mol. The molecule has 0 saturated heterocycles. The molecular weight excluding hydrogens is 278 g/mol. The first-order chi connectivity index (χ1) is 10.6. The third-order valence-corrected chi connectivity index (χ3v) is 3.84. The number of carbonyl (C=O) groups is 2. The number of quaternary nitrogens is 1. The number of Topliss-reactive ketones (excluding diaryl/α,β-unsaturated/α-hetero) is 1. The van der Waals surface area contributed by atoms with Crippen molar-refractivity contribution in [2.45, 2.75) is 12.3 Å². The summed E-state index contributed by atoms with van der Waals surface area (Å²) in [6.07, 6.45) is 0.167. The third-order valence-electron chi connectivity index (χ3n) is 3.84. The Morgan fingerprint density at radius 3 is 2.00 bits per heavy atom. The molecule has 0 radical (unpaired) electrons. The maximum Gasteiger partial charge on any atom is 0.312 e. The van der Waals surface area contributed by atoms with Crippen LogP contribution in [-0.2, 0) is 4.79 Å². The second-order valence-electron chi connectivity index (χ2n) is 5.24. The number of carboxylic acids is 1. The van der Waals surface area contributed by atoms with Gasteiger partial charge in [0.2, 0.25) is 0 Å². The van der Waals surface area contributed by atoms with Gasteiger partial charge in [0.1, 0.15) is 5.92 Å². The van der Waals surface area contributed by atoms with Crippen molar-refractivity contribution in [3.63, 3.8) is 0 Å². The fraction of sp³-hybridized carbons (Fsp3) is 0.222. The molecule has 2 aromatic rings. The predicted molar refractivity (Wildman–Crippen MR) is 83.5 cm³/mol. The number of carbonyl (C=O) groups excluding carboxylic acids is 1. The quantitative estimate of drug-likeness (QED) is 0.767. The van der Waals surface area contributed by atoms with Gasteiger partial charge < -0.3 is 10.8 Å². The third kappa shape index (κ3) is 3.80. The van der Waals surface area contributed by atoms with Gasteiger partial charge in [0, 0.05) is 17.9 Å². The lowest BCUT2D eigenvalue weighted by Crippen LogP contribution is -2.56. The Morgan fingerprint density at radius 2 is 1.50 bits per heavy atom. The van der Waals surface area contributed by atoms with E-state index in [0.29, 0.717) is 5.56 Å². The largest absolute Gasteiger partial charge is 0.481 e. The van der Waals surface area contributed by atoms with Crippen molar-refractivity contribution in [1.29, 1.82) is 0 Å². The lowest BCUT2D eigenvalue weighted by Gasteiger charge is -2.21. The molecule has 4 heteroatoms. The molecule has 2 aromatic carbocycles. The van der Waals surface area contributed by atoms with E-state index in [-0.39, 0.29) is 24.7 Å². The molecular formula is C18H20NO3+. The lowest BCUT2D eigenvalue weighted by atomic mass is 9.81. The number of carboxylic acid groups (broad SMARTS) is 1. The monoisotopic (exact) mass is 298 g/mol. The van der Waals surface area contributed by atoms with Crippen LogP contribution in [0.15, 0.2) is 60.7 Å². The molecule has 0 bridgehead atoms. The molecule has 2 atom stereocenters. The highest BCUT2D eigenvalue weighted by Crippen LogP contribution is 2.29. The van der Waals surface area contributed by atoms with Gasteiger partial charge in [-0.05, 0) is 5.56 Å². The second kappa shape index (κ2) is 7.52. The Kier molecular flexibility index (Phi) is 5.44. The van der Waals surface area contributed by atoms with Crippen LogP contribution in [0.2, 0.25) is 0 Å². The minimum atomic E-state index is -0.912. The summed E-state index contributed by atoms with van der Waals surface area (Å²) in [5.74, 6) is -2.00. The molecule has 4 nitrogen and oxygen atoms in total. The standard InChI is InChI=1S/C18H19NO3/c19-12-16(18(21)22)15(13-7-3-1-4-8-13)11-17(20)14-9-5-2-6-10-14/h1-10,15-16H,11-12,19H2,(H,21,22)/p+1. The fourth-order valence-corrected chi connectivity index (χ4v) is 2.63. The molecule has 22 heavy (non-hydrogen) atoms. The first-order valence-electron chi connectivity index (χ1n) is 7.28. The summed E-state index contributed by atoms with van der Waals surface area (Å²) in [4.78, 5) is 24.0. The maximum atomic E-state index is 12.5. The van der Waals surface area contributed by atoms with E-state index in [0.717, 1.165) is 5.56 Å². The van der Waals surface area contributed by atoms with Gasteiger partial charge >= 0.3 is 5.97 Å².